The highest BCUT2D eigenvalue weighted by Gasteiger charge is 2.11. The van der Waals surface area contributed by atoms with Crippen molar-refractivity contribution in [2.24, 2.45) is 5.92 Å². The van der Waals surface area contributed by atoms with E-state index in [0.717, 1.165) is 12.1 Å². The SMILES string of the molecule is CC(C)CCN(CC(=O)O)c1cccc(C#N)c1. The highest BCUT2D eigenvalue weighted by Crippen LogP contribution is 2.17. The molecule has 0 aliphatic carbocycles. The van der Waals surface area contributed by atoms with E-state index in [1.807, 2.05) is 6.07 Å². The maximum absolute atomic E-state index is 10.9. The number of hydrogen-bond acceptors (Lipinski definition) is 3. The van der Waals surface area contributed by atoms with Crippen molar-refractivity contribution < 1.29 is 9.90 Å². The summed E-state index contributed by atoms with van der Waals surface area (Å²) >= 11 is 0. The van der Waals surface area contributed by atoms with Gasteiger partial charge in [-0.1, -0.05) is 19.9 Å². The smallest absolute Gasteiger partial charge is 0.323 e. The van der Waals surface area contributed by atoms with Gasteiger partial charge in [0.25, 0.3) is 0 Å². The number of carboxylic acids is 1. The van der Waals surface area contributed by atoms with Gasteiger partial charge in [-0.2, -0.15) is 5.26 Å². The van der Waals surface area contributed by atoms with Crippen molar-refractivity contribution in [1.82, 2.24) is 0 Å². The average Bonchev–Trinajstić information content (AvgIpc) is 2.34. The van der Waals surface area contributed by atoms with E-state index in [2.05, 4.69) is 19.9 Å². The molecule has 0 amide bonds. The number of rotatable bonds is 6. The van der Waals surface area contributed by atoms with E-state index in [9.17, 15) is 4.79 Å². The maximum atomic E-state index is 10.9. The summed E-state index contributed by atoms with van der Waals surface area (Å²) in [6.45, 7) is 4.84. The standard InChI is InChI=1S/C14H18N2O2/c1-11(2)6-7-16(10-14(17)18)13-5-3-4-12(8-13)9-15/h3-5,8,11H,6-7,10H2,1-2H3,(H,17,18). The van der Waals surface area contributed by atoms with E-state index >= 15 is 0 Å². The molecule has 0 spiro atoms. The monoisotopic (exact) mass is 246 g/mol. The van der Waals surface area contributed by atoms with Gasteiger partial charge in [0.1, 0.15) is 6.54 Å². The lowest BCUT2D eigenvalue weighted by atomic mass is 10.1. The molecule has 0 saturated carbocycles. The predicted octanol–water partition coefficient (Wildman–Crippen LogP) is 2.50. The Bertz CT molecular complexity index is 449. The van der Waals surface area contributed by atoms with Crippen LogP contribution in [-0.4, -0.2) is 24.2 Å². The predicted molar refractivity (Wildman–Crippen MR) is 70.5 cm³/mol. The van der Waals surface area contributed by atoms with Crippen LogP contribution in [0.4, 0.5) is 5.69 Å². The number of nitriles is 1. The van der Waals surface area contributed by atoms with E-state index in [0.29, 0.717) is 18.0 Å². The number of benzene rings is 1. The van der Waals surface area contributed by atoms with Gasteiger partial charge in [0, 0.05) is 12.2 Å². The van der Waals surface area contributed by atoms with Gasteiger partial charge in [-0.15, -0.1) is 0 Å². The third-order valence-corrected chi connectivity index (χ3v) is 2.64. The highest BCUT2D eigenvalue weighted by atomic mass is 16.4. The molecule has 96 valence electrons. The molecular weight excluding hydrogens is 228 g/mol. The molecule has 1 aromatic rings. The van der Waals surface area contributed by atoms with Crippen LogP contribution >= 0.6 is 0 Å². The van der Waals surface area contributed by atoms with Gasteiger partial charge in [-0.05, 0) is 30.5 Å². The summed E-state index contributed by atoms with van der Waals surface area (Å²) in [5, 5.41) is 17.8. The summed E-state index contributed by atoms with van der Waals surface area (Å²) in [5.74, 6) is -0.346. The zero-order valence-electron chi connectivity index (χ0n) is 10.8. The Balaban J connectivity index is 2.86. The number of hydrogen-bond donors (Lipinski definition) is 1. The lowest BCUT2D eigenvalue weighted by molar-refractivity contribution is -0.135. The summed E-state index contributed by atoms with van der Waals surface area (Å²) in [5.41, 5.74) is 1.34. The maximum Gasteiger partial charge on any atom is 0.323 e. The first kappa shape index (κ1) is 14.0. The fourth-order valence-corrected chi connectivity index (χ4v) is 1.65. The van der Waals surface area contributed by atoms with Gasteiger partial charge >= 0.3 is 5.97 Å². The van der Waals surface area contributed by atoms with E-state index in [-0.39, 0.29) is 6.54 Å². The third-order valence-electron chi connectivity index (χ3n) is 2.64. The van der Waals surface area contributed by atoms with Gasteiger partial charge in [0.2, 0.25) is 0 Å². The van der Waals surface area contributed by atoms with Gasteiger partial charge in [-0.3, -0.25) is 4.79 Å². The van der Waals surface area contributed by atoms with Crippen LogP contribution in [-0.2, 0) is 4.79 Å². The zero-order valence-corrected chi connectivity index (χ0v) is 10.8. The highest BCUT2D eigenvalue weighted by molar-refractivity contribution is 5.74. The molecular formula is C14H18N2O2. The van der Waals surface area contributed by atoms with E-state index < -0.39 is 5.97 Å². The molecule has 1 N–H and O–H groups in total. The van der Waals surface area contributed by atoms with E-state index in [1.54, 1.807) is 23.1 Å². The molecule has 0 atom stereocenters. The molecule has 0 radical (unpaired) electrons. The number of nitrogens with zero attached hydrogens (tertiary/aromatic N) is 2. The lowest BCUT2D eigenvalue weighted by Gasteiger charge is -2.23. The Hall–Kier alpha value is -2.02. The van der Waals surface area contributed by atoms with Crippen LogP contribution < -0.4 is 4.90 Å². The fourth-order valence-electron chi connectivity index (χ4n) is 1.65. The molecule has 1 aromatic carbocycles. The molecule has 0 unspecified atom stereocenters. The fraction of sp³-hybridized carbons (Fsp3) is 0.429. The second-order valence-corrected chi connectivity index (χ2v) is 4.66. The summed E-state index contributed by atoms with van der Waals surface area (Å²) in [6.07, 6.45) is 0.921. The molecule has 4 heteroatoms. The van der Waals surface area contributed by atoms with Crippen LogP contribution in [0.3, 0.4) is 0 Å². The third kappa shape index (κ3) is 4.46. The Morgan fingerprint density at radius 3 is 2.78 bits per heavy atom. The quantitative estimate of drug-likeness (QED) is 0.837. The summed E-state index contributed by atoms with van der Waals surface area (Å²) in [7, 11) is 0. The molecule has 1 rings (SSSR count). The Labute approximate surface area is 107 Å². The number of aliphatic carboxylic acids is 1. The number of carbonyl (C=O) groups is 1. The minimum absolute atomic E-state index is 0.0401. The average molecular weight is 246 g/mol. The van der Waals surface area contributed by atoms with Crippen LogP contribution in [0.1, 0.15) is 25.8 Å². The molecule has 0 bridgehead atoms. The minimum atomic E-state index is -0.860. The summed E-state index contributed by atoms with van der Waals surface area (Å²) < 4.78 is 0. The Kier molecular flexibility index (Phi) is 5.19. The minimum Gasteiger partial charge on any atom is -0.480 e. The second-order valence-electron chi connectivity index (χ2n) is 4.66. The van der Waals surface area contributed by atoms with E-state index in [1.165, 1.54) is 0 Å². The molecule has 4 nitrogen and oxygen atoms in total. The summed E-state index contributed by atoms with van der Waals surface area (Å²) in [4.78, 5) is 12.7. The van der Waals surface area contributed by atoms with Gasteiger partial charge in [0.05, 0.1) is 11.6 Å². The molecule has 0 aliphatic heterocycles. The second kappa shape index (κ2) is 6.65. The zero-order chi connectivity index (χ0) is 13.5. The first-order chi connectivity index (χ1) is 8.52. The van der Waals surface area contributed by atoms with Crippen molar-refractivity contribution in [2.75, 3.05) is 18.0 Å². The molecule has 0 saturated heterocycles. The van der Waals surface area contributed by atoms with Gasteiger partial charge in [-0.25, -0.2) is 0 Å². The van der Waals surface area contributed by atoms with Crippen LogP contribution in [0.2, 0.25) is 0 Å². The Morgan fingerprint density at radius 1 is 1.50 bits per heavy atom. The molecule has 18 heavy (non-hydrogen) atoms. The molecule has 0 fully saturated rings. The van der Waals surface area contributed by atoms with Crippen molar-refractivity contribution in [3.05, 3.63) is 29.8 Å². The number of carboxylic acid groups (broad SMARTS) is 1. The lowest BCUT2D eigenvalue weighted by Crippen LogP contribution is -2.31. The Morgan fingerprint density at radius 2 is 2.22 bits per heavy atom. The molecule has 0 aliphatic rings. The van der Waals surface area contributed by atoms with Crippen LogP contribution in [0.15, 0.2) is 24.3 Å². The van der Waals surface area contributed by atoms with E-state index in [4.69, 9.17) is 10.4 Å². The van der Waals surface area contributed by atoms with Crippen LogP contribution in [0.5, 0.6) is 0 Å². The first-order valence-electron chi connectivity index (χ1n) is 6.00. The van der Waals surface area contributed by atoms with Gasteiger partial charge < -0.3 is 10.0 Å². The van der Waals surface area contributed by atoms with Crippen LogP contribution in [0.25, 0.3) is 0 Å². The molecule has 0 aromatic heterocycles. The largest absolute Gasteiger partial charge is 0.480 e. The van der Waals surface area contributed by atoms with Crippen molar-refractivity contribution in [2.45, 2.75) is 20.3 Å². The van der Waals surface area contributed by atoms with Gasteiger partial charge in [0.15, 0.2) is 0 Å². The van der Waals surface area contributed by atoms with Crippen molar-refractivity contribution in [3.8, 4) is 6.07 Å². The van der Waals surface area contributed by atoms with Crippen molar-refractivity contribution in [3.63, 3.8) is 0 Å². The van der Waals surface area contributed by atoms with Crippen molar-refractivity contribution >= 4 is 11.7 Å². The first-order valence-corrected chi connectivity index (χ1v) is 6.00. The normalized spacial score (nSPS) is 10.1. The number of anilines is 1. The van der Waals surface area contributed by atoms with Crippen molar-refractivity contribution in [1.29, 1.82) is 5.26 Å². The van der Waals surface area contributed by atoms with Crippen LogP contribution in [0, 0.1) is 17.2 Å². The summed E-state index contributed by atoms with van der Waals surface area (Å²) in [6, 6.07) is 9.12. The topological polar surface area (TPSA) is 64.3 Å². The molecule has 0 heterocycles.